The van der Waals surface area contributed by atoms with Crippen molar-refractivity contribution in [3.8, 4) is 5.75 Å². The van der Waals surface area contributed by atoms with Crippen molar-refractivity contribution in [3.05, 3.63) is 45.7 Å². The molecule has 0 bridgehead atoms. The summed E-state index contributed by atoms with van der Waals surface area (Å²) in [5, 5.41) is 5.81. The Morgan fingerprint density at radius 3 is 3.00 bits per heavy atom. The summed E-state index contributed by atoms with van der Waals surface area (Å²) >= 11 is 6.81. The van der Waals surface area contributed by atoms with Crippen LogP contribution in [0.15, 0.2) is 40.2 Å². The van der Waals surface area contributed by atoms with Gasteiger partial charge in [0.1, 0.15) is 11.1 Å². The molecule has 3 rings (SSSR count). The zero-order chi connectivity index (χ0) is 15.5. The molecule has 0 saturated carbocycles. The van der Waals surface area contributed by atoms with Crippen LogP contribution in [-0.2, 0) is 0 Å². The third-order valence-electron chi connectivity index (χ3n) is 3.36. The minimum Gasteiger partial charge on any atom is -0.496 e. The second kappa shape index (κ2) is 6.93. The molecule has 116 valence electrons. The van der Waals surface area contributed by atoms with E-state index in [-0.39, 0.29) is 11.4 Å². The molecule has 1 fully saturated rings. The van der Waals surface area contributed by atoms with Crippen LogP contribution >= 0.6 is 39.0 Å². The first-order valence-electron chi connectivity index (χ1n) is 6.75. The van der Waals surface area contributed by atoms with Gasteiger partial charge in [0.2, 0.25) is 0 Å². The van der Waals surface area contributed by atoms with Gasteiger partial charge >= 0.3 is 6.03 Å². The Morgan fingerprint density at radius 1 is 1.45 bits per heavy atom. The number of carbonyl (C=O) groups excluding carboxylic acids is 1. The van der Waals surface area contributed by atoms with Crippen LogP contribution in [0.25, 0.3) is 0 Å². The van der Waals surface area contributed by atoms with E-state index in [2.05, 4.69) is 21.2 Å². The molecular weight excluding hydrogens is 384 g/mol. The number of anilines is 1. The molecule has 0 spiro atoms. The number of rotatable bonds is 3. The highest BCUT2D eigenvalue weighted by molar-refractivity contribution is 9.10. The maximum absolute atomic E-state index is 12.5. The van der Waals surface area contributed by atoms with E-state index in [1.807, 2.05) is 40.6 Å². The molecule has 22 heavy (non-hydrogen) atoms. The van der Waals surface area contributed by atoms with Crippen molar-refractivity contribution in [3.63, 3.8) is 0 Å². The maximum atomic E-state index is 12.5. The number of nitrogens with one attached hydrogen (secondary N) is 1. The van der Waals surface area contributed by atoms with Crippen LogP contribution < -0.4 is 10.1 Å². The van der Waals surface area contributed by atoms with Crippen molar-refractivity contribution in [2.75, 3.05) is 24.7 Å². The van der Waals surface area contributed by atoms with Crippen molar-refractivity contribution in [1.29, 1.82) is 0 Å². The van der Waals surface area contributed by atoms with Crippen LogP contribution in [0.4, 0.5) is 9.80 Å². The number of methoxy groups -OCH3 is 1. The molecule has 1 atom stereocenters. The first kappa shape index (κ1) is 15.7. The number of carbonyl (C=O) groups is 1. The molecule has 1 aromatic carbocycles. The summed E-state index contributed by atoms with van der Waals surface area (Å²) in [5.74, 6) is 1.73. The lowest BCUT2D eigenvalue weighted by Crippen LogP contribution is -2.34. The van der Waals surface area contributed by atoms with E-state index < -0.39 is 0 Å². The van der Waals surface area contributed by atoms with E-state index in [0.717, 1.165) is 33.1 Å². The van der Waals surface area contributed by atoms with Crippen LogP contribution in [0.2, 0.25) is 0 Å². The molecular formula is C15H15BrN2O2S2. The van der Waals surface area contributed by atoms with E-state index in [1.54, 1.807) is 18.9 Å². The summed E-state index contributed by atoms with van der Waals surface area (Å²) in [4.78, 5) is 14.3. The number of halogens is 1. The Hall–Kier alpha value is -1.18. The summed E-state index contributed by atoms with van der Waals surface area (Å²) in [5.41, 5.74) is 1.09. The fraction of sp³-hybridized carbons (Fsp3) is 0.267. The number of ether oxygens (including phenoxy) is 1. The molecule has 4 nitrogen and oxygen atoms in total. The molecule has 2 heterocycles. The molecule has 0 aliphatic carbocycles. The van der Waals surface area contributed by atoms with Crippen molar-refractivity contribution in [2.24, 2.45) is 0 Å². The second-order valence-electron chi connectivity index (χ2n) is 4.72. The summed E-state index contributed by atoms with van der Waals surface area (Å²) in [7, 11) is 1.64. The van der Waals surface area contributed by atoms with E-state index in [4.69, 9.17) is 4.74 Å². The Labute approximate surface area is 146 Å². The van der Waals surface area contributed by atoms with Gasteiger partial charge in [-0.3, -0.25) is 5.32 Å². The Balaban J connectivity index is 1.78. The number of nitrogens with zero attached hydrogens (tertiary/aromatic N) is 1. The molecule has 1 unspecified atom stereocenters. The zero-order valence-electron chi connectivity index (χ0n) is 11.9. The fourth-order valence-electron chi connectivity index (χ4n) is 2.32. The minimum absolute atomic E-state index is 0.0298. The van der Waals surface area contributed by atoms with E-state index in [9.17, 15) is 4.79 Å². The summed E-state index contributed by atoms with van der Waals surface area (Å²) in [6.45, 7) is 0.746. The predicted octanol–water partition coefficient (Wildman–Crippen LogP) is 4.80. The topological polar surface area (TPSA) is 41.6 Å². The van der Waals surface area contributed by atoms with Crippen LogP contribution in [0, 0.1) is 0 Å². The van der Waals surface area contributed by atoms with E-state index in [1.165, 1.54) is 11.3 Å². The monoisotopic (exact) mass is 398 g/mol. The quantitative estimate of drug-likeness (QED) is 0.806. The normalized spacial score (nSPS) is 17.5. The molecule has 1 N–H and O–H groups in total. The largest absolute Gasteiger partial charge is 0.496 e. The van der Waals surface area contributed by atoms with Gasteiger partial charge in [-0.25, -0.2) is 4.79 Å². The van der Waals surface area contributed by atoms with Crippen LogP contribution in [0.3, 0.4) is 0 Å². The highest BCUT2D eigenvalue weighted by Gasteiger charge is 2.31. The van der Waals surface area contributed by atoms with Gasteiger partial charge in [0.15, 0.2) is 0 Å². The Morgan fingerprint density at radius 2 is 2.32 bits per heavy atom. The van der Waals surface area contributed by atoms with Crippen LogP contribution in [0.1, 0.15) is 10.9 Å². The SMILES string of the molecule is COc1ccc(C2SCCN2C(=O)Nc2cccs2)cc1Br. The van der Waals surface area contributed by atoms with Gasteiger partial charge in [0.05, 0.1) is 16.6 Å². The second-order valence-corrected chi connectivity index (χ2v) is 7.71. The molecule has 7 heteroatoms. The average Bonchev–Trinajstić information content (AvgIpc) is 3.18. The van der Waals surface area contributed by atoms with Gasteiger partial charge in [0, 0.05) is 12.3 Å². The molecule has 1 aliphatic rings. The van der Waals surface area contributed by atoms with Gasteiger partial charge in [0.25, 0.3) is 0 Å². The smallest absolute Gasteiger partial charge is 0.323 e. The van der Waals surface area contributed by atoms with E-state index >= 15 is 0 Å². The predicted molar refractivity (Wildman–Crippen MR) is 95.9 cm³/mol. The Kier molecular flexibility index (Phi) is 4.95. The fourth-order valence-corrected chi connectivity index (χ4v) is 4.73. The third-order valence-corrected chi connectivity index (χ3v) is 6.03. The standard InChI is InChI=1S/C15H15BrN2O2S2/c1-20-12-5-4-10(9-11(12)16)14-18(6-8-22-14)15(19)17-13-3-2-7-21-13/h2-5,7,9,14H,6,8H2,1H3,(H,17,19). The molecule has 2 aromatic rings. The summed E-state index contributed by atoms with van der Waals surface area (Å²) < 4.78 is 6.16. The first-order valence-corrected chi connectivity index (χ1v) is 9.47. The molecule has 1 aromatic heterocycles. The maximum Gasteiger partial charge on any atom is 0.323 e. The van der Waals surface area contributed by atoms with Crippen molar-refractivity contribution in [1.82, 2.24) is 4.90 Å². The number of thiophene rings is 1. The number of amides is 2. The van der Waals surface area contributed by atoms with Gasteiger partial charge in [-0.05, 0) is 51.1 Å². The number of benzene rings is 1. The van der Waals surface area contributed by atoms with Crippen LogP contribution in [-0.4, -0.2) is 30.3 Å². The van der Waals surface area contributed by atoms with Gasteiger partial charge in [-0.1, -0.05) is 6.07 Å². The molecule has 1 aliphatic heterocycles. The number of hydrogen-bond acceptors (Lipinski definition) is 4. The highest BCUT2D eigenvalue weighted by Crippen LogP contribution is 2.40. The average molecular weight is 399 g/mol. The highest BCUT2D eigenvalue weighted by atomic mass is 79.9. The number of urea groups is 1. The number of thioether (sulfide) groups is 1. The lowest BCUT2D eigenvalue weighted by atomic mass is 10.2. The molecule has 1 saturated heterocycles. The van der Waals surface area contributed by atoms with Crippen molar-refractivity contribution >= 4 is 50.1 Å². The minimum atomic E-state index is -0.0515. The zero-order valence-corrected chi connectivity index (χ0v) is 15.1. The number of hydrogen-bond donors (Lipinski definition) is 1. The van der Waals surface area contributed by atoms with Gasteiger partial charge < -0.3 is 9.64 Å². The summed E-state index contributed by atoms with van der Waals surface area (Å²) in [6, 6.07) is 9.74. The Bertz CT molecular complexity index is 664. The van der Waals surface area contributed by atoms with Crippen molar-refractivity contribution in [2.45, 2.75) is 5.37 Å². The van der Waals surface area contributed by atoms with Crippen LogP contribution in [0.5, 0.6) is 5.75 Å². The lowest BCUT2D eigenvalue weighted by molar-refractivity contribution is 0.214. The van der Waals surface area contributed by atoms with Gasteiger partial charge in [-0.2, -0.15) is 0 Å². The third kappa shape index (κ3) is 3.26. The molecule has 0 radical (unpaired) electrons. The first-order chi connectivity index (χ1) is 10.7. The molecule has 2 amide bonds. The summed E-state index contributed by atoms with van der Waals surface area (Å²) in [6.07, 6.45) is 0. The van der Waals surface area contributed by atoms with E-state index in [0.29, 0.717) is 0 Å². The van der Waals surface area contributed by atoms with Crippen molar-refractivity contribution < 1.29 is 9.53 Å². The lowest BCUT2D eigenvalue weighted by Gasteiger charge is -2.24. The van der Waals surface area contributed by atoms with Gasteiger partial charge in [-0.15, -0.1) is 23.1 Å².